The maximum Gasteiger partial charge on any atom is 0.330 e. The molecule has 26 heavy (non-hydrogen) atoms. The molecule has 0 fully saturated rings. The number of ether oxygens (including phenoxy) is 2. The Morgan fingerprint density at radius 3 is 2.46 bits per heavy atom. The van der Waals surface area contributed by atoms with Gasteiger partial charge in [0.25, 0.3) is 0 Å². The van der Waals surface area contributed by atoms with Crippen LogP contribution in [-0.2, 0) is 19.1 Å². The summed E-state index contributed by atoms with van der Waals surface area (Å²) >= 11 is 0. The summed E-state index contributed by atoms with van der Waals surface area (Å²) in [5.41, 5.74) is 0. The molecular weight excluding hydrogens is 332 g/mol. The van der Waals surface area contributed by atoms with Crippen LogP contribution in [0.4, 0.5) is 0 Å². The quantitative estimate of drug-likeness (QED) is 0.245. The lowest BCUT2D eigenvalue weighted by Crippen LogP contribution is -2.42. The smallest absolute Gasteiger partial charge is 0.330 e. The lowest BCUT2D eigenvalue weighted by atomic mass is 9.75. The number of allylic oxidation sites excluding steroid dienone is 1. The fraction of sp³-hybridized carbons (Fsp3) is 0.714. The van der Waals surface area contributed by atoms with Crippen molar-refractivity contribution in [2.45, 2.75) is 76.9 Å². The summed E-state index contributed by atoms with van der Waals surface area (Å²) in [6, 6.07) is 0. The first-order valence-corrected chi connectivity index (χ1v) is 9.79. The summed E-state index contributed by atoms with van der Waals surface area (Å²) < 4.78 is 10.1. The van der Waals surface area contributed by atoms with E-state index in [1.807, 2.05) is 0 Å². The Bertz CT molecular complexity index is 471. The number of unbranched alkanes of at least 4 members (excludes halogenated alkanes) is 4. The third-order valence-electron chi connectivity index (χ3n) is 5.05. The highest BCUT2D eigenvalue weighted by atomic mass is 16.6. The highest BCUT2D eigenvalue weighted by Gasteiger charge is 2.37. The topological polar surface area (TPSA) is 72.8 Å². The summed E-state index contributed by atoms with van der Waals surface area (Å²) in [4.78, 5) is 22.7. The number of aliphatic hydroxyl groups excluding tert-OH is 1. The van der Waals surface area contributed by atoms with E-state index in [0.29, 0.717) is 12.3 Å². The van der Waals surface area contributed by atoms with Gasteiger partial charge >= 0.3 is 11.9 Å². The molecule has 0 aromatic heterocycles. The van der Waals surface area contributed by atoms with E-state index in [1.165, 1.54) is 7.11 Å². The molecule has 0 spiro atoms. The Kier molecular flexibility index (Phi) is 10.9. The van der Waals surface area contributed by atoms with Gasteiger partial charge in [-0.25, -0.2) is 4.79 Å². The largest absolute Gasteiger partial charge is 0.469 e. The molecule has 0 aliphatic heterocycles. The van der Waals surface area contributed by atoms with Crippen LogP contribution < -0.4 is 0 Å². The third kappa shape index (κ3) is 7.73. The Hall–Kier alpha value is -1.62. The summed E-state index contributed by atoms with van der Waals surface area (Å²) in [5.74, 6) is -0.172. The van der Waals surface area contributed by atoms with Crippen molar-refractivity contribution in [3.8, 4) is 0 Å². The standard InChI is InChI=1S/C21H34O5/c1-4-11-16-14-15-18(22)21(26-19(23)5-2)17(16)12-9-7-6-8-10-13-20(24)25-3/h5,14-18,21-22H,2,4,6-13H2,1,3H3. The summed E-state index contributed by atoms with van der Waals surface area (Å²) in [5, 5.41) is 10.3. The van der Waals surface area contributed by atoms with E-state index >= 15 is 0 Å². The molecule has 4 atom stereocenters. The third-order valence-corrected chi connectivity index (χ3v) is 5.05. The number of methoxy groups -OCH3 is 1. The second-order valence-electron chi connectivity index (χ2n) is 6.98. The van der Waals surface area contributed by atoms with E-state index in [-0.39, 0.29) is 11.9 Å². The van der Waals surface area contributed by atoms with Gasteiger partial charge in [0, 0.05) is 18.4 Å². The van der Waals surface area contributed by atoms with Crippen LogP contribution in [0.5, 0.6) is 0 Å². The highest BCUT2D eigenvalue weighted by Crippen LogP contribution is 2.35. The molecule has 0 saturated heterocycles. The van der Waals surface area contributed by atoms with Gasteiger partial charge in [0.1, 0.15) is 12.2 Å². The Balaban J connectivity index is 2.48. The molecule has 1 aliphatic carbocycles. The fourth-order valence-electron chi connectivity index (χ4n) is 3.65. The second kappa shape index (κ2) is 12.7. The Labute approximate surface area is 157 Å². The molecule has 0 aromatic rings. The van der Waals surface area contributed by atoms with E-state index < -0.39 is 18.2 Å². The zero-order valence-electron chi connectivity index (χ0n) is 16.2. The number of hydrogen-bond donors (Lipinski definition) is 1. The van der Waals surface area contributed by atoms with Crippen molar-refractivity contribution in [1.82, 2.24) is 0 Å². The van der Waals surface area contributed by atoms with Crippen LogP contribution >= 0.6 is 0 Å². The molecule has 0 radical (unpaired) electrons. The summed E-state index contributed by atoms with van der Waals surface area (Å²) in [6.45, 7) is 5.59. The number of carbonyl (C=O) groups excluding carboxylic acids is 2. The molecule has 1 aliphatic rings. The Morgan fingerprint density at radius 2 is 1.81 bits per heavy atom. The van der Waals surface area contributed by atoms with Crippen LogP contribution in [0, 0.1) is 11.8 Å². The molecule has 0 amide bonds. The first-order chi connectivity index (χ1) is 12.5. The number of aliphatic hydroxyl groups is 1. The molecule has 1 N–H and O–H groups in total. The predicted octanol–water partition coefficient (Wildman–Crippen LogP) is 3.95. The van der Waals surface area contributed by atoms with E-state index in [9.17, 15) is 14.7 Å². The normalized spacial score (nSPS) is 24.9. The molecule has 5 heteroatoms. The lowest BCUT2D eigenvalue weighted by molar-refractivity contribution is -0.153. The van der Waals surface area contributed by atoms with Crippen LogP contribution in [0.1, 0.15) is 64.7 Å². The number of carbonyl (C=O) groups is 2. The van der Waals surface area contributed by atoms with Crippen LogP contribution in [0.3, 0.4) is 0 Å². The maximum atomic E-state index is 11.7. The van der Waals surface area contributed by atoms with Crippen molar-refractivity contribution in [2.75, 3.05) is 7.11 Å². The molecule has 0 bridgehead atoms. The monoisotopic (exact) mass is 366 g/mol. The highest BCUT2D eigenvalue weighted by molar-refractivity contribution is 5.81. The van der Waals surface area contributed by atoms with Gasteiger partial charge in [-0.2, -0.15) is 0 Å². The van der Waals surface area contributed by atoms with Gasteiger partial charge in [0.2, 0.25) is 0 Å². The molecule has 1 rings (SSSR count). The summed E-state index contributed by atoms with van der Waals surface area (Å²) in [6.07, 6.45) is 12.2. The fourth-order valence-corrected chi connectivity index (χ4v) is 3.65. The molecule has 0 aromatic carbocycles. The van der Waals surface area contributed by atoms with Crippen molar-refractivity contribution in [3.05, 3.63) is 24.8 Å². The van der Waals surface area contributed by atoms with Crippen molar-refractivity contribution in [2.24, 2.45) is 11.8 Å². The van der Waals surface area contributed by atoms with Gasteiger partial charge in [0.05, 0.1) is 7.11 Å². The first kappa shape index (κ1) is 22.4. The van der Waals surface area contributed by atoms with E-state index in [0.717, 1.165) is 57.4 Å². The number of hydrogen-bond acceptors (Lipinski definition) is 5. The minimum atomic E-state index is -0.753. The van der Waals surface area contributed by atoms with Crippen LogP contribution in [0.25, 0.3) is 0 Å². The molecule has 0 heterocycles. The maximum absolute atomic E-state index is 11.7. The number of rotatable bonds is 12. The minimum Gasteiger partial charge on any atom is -0.469 e. The van der Waals surface area contributed by atoms with Gasteiger partial charge in [0.15, 0.2) is 0 Å². The van der Waals surface area contributed by atoms with E-state index in [4.69, 9.17) is 4.74 Å². The lowest BCUT2D eigenvalue weighted by Gasteiger charge is -2.37. The molecule has 0 saturated carbocycles. The van der Waals surface area contributed by atoms with Crippen molar-refractivity contribution in [1.29, 1.82) is 0 Å². The zero-order valence-corrected chi connectivity index (χ0v) is 16.2. The molecular formula is C21H34O5. The predicted molar refractivity (Wildman–Crippen MR) is 101 cm³/mol. The van der Waals surface area contributed by atoms with E-state index in [2.05, 4.69) is 24.3 Å². The Morgan fingerprint density at radius 1 is 1.12 bits per heavy atom. The van der Waals surface area contributed by atoms with Crippen LogP contribution in [0.15, 0.2) is 24.8 Å². The zero-order chi connectivity index (χ0) is 19.4. The molecule has 5 nitrogen and oxygen atoms in total. The van der Waals surface area contributed by atoms with Crippen molar-refractivity contribution >= 4 is 11.9 Å². The van der Waals surface area contributed by atoms with Gasteiger partial charge < -0.3 is 14.6 Å². The average Bonchev–Trinajstić information content (AvgIpc) is 2.64. The molecule has 148 valence electrons. The first-order valence-electron chi connectivity index (χ1n) is 9.79. The number of esters is 2. The average molecular weight is 366 g/mol. The van der Waals surface area contributed by atoms with Gasteiger partial charge in [-0.15, -0.1) is 0 Å². The van der Waals surface area contributed by atoms with Crippen LogP contribution in [0.2, 0.25) is 0 Å². The summed E-state index contributed by atoms with van der Waals surface area (Å²) in [7, 11) is 1.41. The van der Waals surface area contributed by atoms with E-state index in [1.54, 1.807) is 6.08 Å². The van der Waals surface area contributed by atoms with Gasteiger partial charge in [-0.05, 0) is 25.2 Å². The molecule has 4 unspecified atom stereocenters. The van der Waals surface area contributed by atoms with Gasteiger partial charge in [-0.3, -0.25) is 4.79 Å². The van der Waals surface area contributed by atoms with Crippen molar-refractivity contribution < 1.29 is 24.2 Å². The second-order valence-corrected chi connectivity index (χ2v) is 6.98. The SMILES string of the molecule is C=CC(=O)OC1C(O)C=CC(CCC)C1CCCCCCCC(=O)OC. The van der Waals surface area contributed by atoms with Crippen LogP contribution in [-0.4, -0.2) is 36.4 Å². The van der Waals surface area contributed by atoms with Gasteiger partial charge in [-0.1, -0.05) is 57.8 Å². The van der Waals surface area contributed by atoms with Crippen molar-refractivity contribution in [3.63, 3.8) is 0 Å². The minimum absolute atomic E-state index is 0.133.